The first-order valence-corrected chi connectivity index (χ1v) is 9.98. The summed E-state index contributed by atoms with van der Waals surface area (Å²) in [5.74, 6) is 0.880. The van der Waals surface area contributed by atoms with Crippen molar-refractivity contribution in [1.82, 2.24) is 24.4 Å². The zero-order valence-electron chi connectivity index (χ0n) is 16.2. The van der Waals surface area contributed by atoms with Gasteiger partial charge in [0.25, 0.3) is 0 Å². The third-order valence-corrected chi connectivity index (χ3v) is 5.43. The smallest absolute Gasteiger partial charge is 0.158 e. The third-order valence-electron chi connectivity index (χ3n) is 5.43. The molecular weight excluding hydrogens is 362 g/mol. The van der Waals surface area contributed by atoms with Gasteiger partial charge in [-0.1, -0.05) is 30.3 Å². The second-order valence-electron chi connectivity index (χ2n) is 7.21. The van der Waals surface area contributed by atoms with Crippen LogP contribution in [0, 0.1) is 0 Å². The van der Waals surface area contributed by atoms with Crippen LogP contribution in [0.2, 0.25) is 0 Å². The van der Waals surface area contributed by atoms with E-state index >= 15 is 0 Å². The monoisotopic (exact) mass is 385 g/mol. The van der Waals surface area contributed by atoms with Crippen LogP contribution in [0.4, 0.5) is 0 Å². The average Bonchev–Trinajstić information content (AvgIpc) is 3.26. The highest BCUT2D eigenvalue weighted by atomic mass is 16.5. The summed E-state index contributed by atoms with van der Waals surface area (Å²) in [5.41, 5.74) is 2.94. The van der Waals surface area contributed by atoms with Crippen molar-refractivity contribution in [3.63, 3.8) is 0 Å². The minimum Gasteiger partial charge on any atom is -0.379 e. The van der Waals surface area contributed by atoms with E-state index in [0.717, 1.165) is 61.0 Å². The summed E-state index contributed by atoms with van der Waals surface area (Å²) in [6.45, 7) is 4.08. The van der Waals surface area contributed by atoms with E-state index in [-0.39, 0.29) is 6.04 Å². The SMILES string of the molecule is c1ccc([C@H](Cn2ccnc2-c2ccc3ccccc3n2)N2CCOCC2)nc1. The molecule has 0 saturated carbocycles. The Hall–Kier alpha value is -3.09. The molecule has 0 bridgehead atoms. The van der Waals surface area contributed by atoms with E-state index in [1.807, 2.05) is 48.9 Å². The molecular formula is C23H23N5O. The van der Waals surface area contributed by atoms with Gasteiger partial charge in [0.05, 0.1) is 30.5 Å². The number of para-hydroxylation sites is 1. The van der Waals surface area contributed by atoms with Crippen LogP contribution in [-0.2, 0) is 11.3 Å². The van der Waals surface area contributed by atoms with E-state index in [1.165, 1.54) is 0 Å². The molecule has 0 aliphatic carbocycles. The first-order chi connectivity index (χ1) is 14.4. The molecule has 1 atom stereocenters. The zero-order chi connectivity index (χ0) is 19.5. The van der Waals surface area contributed by atoms with Gasteiger partial charge in [-0.15, -0.1) is 0 Å². The predicted octanol–water partition coefficient (Wildman–Crippen LogP) is 3.57. The number of imidazole rings is 1. The Morgan fingerprint density at radius 1 is 0.897 bits per heavy atom. The quantitative estimate of drug-likeness (QED) is 0.526. The van der Waals surface area contributed by atoms with Gasteiger partial charge in [0.1, 0.15) is 5.69 Å². The average molecular weight is 385 g/mol. The molecule has 146 valence electrons. The van der Waals surface area contributed by atoms with Crippen LogP contribution in [0.15, 0.2) is 73.2 Å². The van der Waals surface area contributed by atoms with Gasteiger partial charge < -0.3 is 9.30 Å². The lowest BCUT2D eigenvalue weighted by Gasteiger charge is -2.34. The molecule has 1 aromatic carbocycles. The molecule has 1 aliphatic heterocycles. The lowest BCUT2D eigenvalue weighted by molar-refractivity contribution is 0.0115. The number of pyridine rings is 2. The second-order valence-corrected chi connectivity index (χ2v) is 7.21. The van der Waals surface area contributed by atoms with Crippen LogP contribution in [0.5, 0.6) is 0 Å². The third kappa shape index (κ3) is 3.77. The zero-order valence-corrected chi connectivity index (χ0v) is 16.2. The molecule has 6 heteroatoms. The molecule has 0 unspecified atom stereocenters. The maximum atomic E-state index is 5.56. The van der Waals surface area contributed by atoms with Gasteiger partial charge >= 0.3 is 0 Å². The molecule has 0 radical (unpaired) electrons. The number of hydrogen-bond acceptors (Lipinski definition) is 5. The van der Waals surface area contributed by atoms with Crippen molar-refractivity contribution in [3.8, 4) is 11.5 Å². The minimum atomic E-state index is 0.161. The number of benzene rings is 1. The lowest BCUT2D eigenvalue weighted by atomic mass is 10.1. The Bertz CT molecular complexity index is 1090. The van der Waals surface area contributed by atoms with E-state index < -0.39 is 0 Å². The summed E-state index contributed by atoms with van der Waals surface area (Å²) in [5, 5.41) is 1.13. The number of nitrogens with zero attached hydrogens (tertiary/aromatic N) is 5. The fourth-order valence-electron chi connectivity index (χ4n) is 3.92. The topological polar surface area (TPSA) is 56.1 Å². The van der Waals surface area contributed by atoms with Gasteiger partial charge in [0.2, 0.25) is 0 Å². The summed E-state index contributed by atoms with van der Waals surface area (Å²) in [6, 6.07) is 18.6. The van der Waals surface area contributed by atoms with Crippen molar-refractivity contribution < 1.29 is 4.74 Å². The Balaban J connectivity index is 1.49. The maximum absolute atomic E-state index is 5.56. The van der Waals surface area contributed by atoms with Crippen LogP contribution in [-0.4, -0.2) is 50.7 Å². The van der Waals surface area contributed by atoms with Gasteiger partial charge in [0.15, 0.2) is 5.82 Å². The standard InChI is InChI=1S/C23H23N5O/c1-2-6-19-18(5-1)8-9-21(26-19)23-25-11-12-28(23)17-22(20-7-3-4-10-24-20)27-13-15-29-16-14-27/h1-12,22H,13-17H2/t22-/m0/s1. The predicted molar refractivity (Wildman–Crippen MR) is 112 cm³/mol. The highest BCUT2D eigenvalue weighted by Crippen LogP contribution is 2.26. The fourth-order valence-corrected chi connectivity index (χ4v) is 3.92. The van der Waals surface area contributed by atoms with Gasteiger partial charge in [-0.3, -0.25) is 9.88 Å². The van der Waals surface area contributed by atoms with Crippen LogP contribution in [0.3, 0.4) is 0 Å². The summed E-state index contributed by atoms with van der Waals surface area (Å²) >= 11 is 0. The Labute approximate surface area is 169 Å². The van der Waals surface area contributed by atoms with Gasteiger partial charge in [-0.2, -0.15) is 0 Å². The van der Waals surface area contributed by atoms with Crippen LogP contribution >= 0.6 is 0 Å². The first kappa shape index (κ1) is 18.0. The second kappa shape index (κ2) is 8.11. The van der Waals surface area contributed by atoms with E-state index in [2.05, 4.69) is 43.7 Å². The summed E-state index contributed by atoms with van der Waals surface area (Å²) in [6.07, 6.45) is 5.74. The maximum Gasteiger partial charge on any atom is 0.158 e. The van der Waals surface area contributed by atoms with E-state index in [4.69, 9.17) is 9.72 Å². The van der Waals surface area contributed by atoms with E-state index in [0.29, 0.717) is 0 Å². The molecule has 6 nitrogen and oxygen atoms in total. The molecule has 0 amide bonds. The highest BCUT2D eigenvalue weighted by Gasteiger charge is 2.25. The molecule has 1 aliphatic rings. The van der Waals surface area contributed by atoms with E-state index in [9.17, 15) is 0 Å². The summed E-state index contributed by atoms with van der Waals surface area (Å²) in [4.78, 5) is 16.6. The van der Waals surface area contributed by atoms with Crippen molar-refractivity contribution in [2.45, 2.75) is 12.6 Å². The summed E-state index contributed by atoms with van der Waals surface area (Å²) in [7, 11) is 0. The normalized spacial score (nSPS) is 16.1. The van der Waals surface area contributed by atoms with Gasteiger partial charge in [0, 0.05) is 43.6 Å². The van der Waals surface area contributed by atoms with Crippen LogP contribution < -0.4 is 0 Å². The Kier molecular flexibility index (Phi) is 5.02. The largest absolute Gasteiger partial charge is 0.379 e. The van der Waals surface area contributed by atoms with Gasteiger partial charge in [-0.25, -0.2) is 9.97 Å². The van der Waals surface area contributed by atoms with Crippen LogP contribution in [0.25, 0.3) is 22.4 Å². The van der Waals surface area contributed by atoms with Crippen molar-refractivity contribution in [1.29, 1.82) is 0 Å². The number of fused-ring (bicyclic) bond motifs is 1. The highest BCUT2D eigenvalue weighted by molar-refractivity contribution is 5.80. The minimum absolute atomic E-state index is 0.161. The first-order valence-electron chi connectivity index (χ1n) is 9.98. The summed E-state index contributed by atoms with van der Waals surface area (Å²) < 4.78 is 7.75. The van der Waals surface area contributed by atoms with Crippen LogP contribution in [0.1, 0.15) is 11.7 Å². The molecule has 5 rings (SSSR count). The molecule has 0 N–H and O–H groups in total. The van der Waals surface area contributed by atoms with Crippen molar-refractivity contribution in [3.05, 3.63) is 78.9 Å². The molecule has 1 saturated heterocycles. The molecule has 29 heavy (non-hydrogen) atoms. The Morgan fingerprint density at radius 3 is 2.62 bits per heavy atom. The molecule has 1 fully saturated rings. The molecule has 4 heterocycles. The number of morpholine rings is 1. The van der Waals surface area contributed by atoms with Gasteiger partial charge in [-0.05, 0) is 24.3 Å². The molecule has 4 aromatic rings. The lowest BCUT2D eigenvalue weighted by Crippen LogP contribution is -2.41. The number of aromatic nitrogens is 4. The van der Waals surface area contributed by atoms with Crippen molar-refractivity contribution >= 4 is 10.9 Å². The van der Waals surface area contributed by atoms with Crippen molar-refractivity contribution in [2.24, 2.45) is 0 Å². The van der Waals surface area contributed by atoms with E-state index in [1.54, 1.807) is 0 Å². The number of ether oxygens (including phenoxy) is 1. The fraction of sp³-hybridized carbons (Fsp3) is 0.261. The molecule has 3 aromatic heterocycles. The Morgan fingerprint density at radius 2 is 1.76 bits per heavy atom. The number of rotatable bonds is 5. The number of hydrogen-bond donors (Lipinski definition) is 0. The molecule has 0 spiro atoms. The van der Waals surface area contributed by atoms with Crippen molar-refractivity contribution in [2.75, 3.05) is 26.3 Å².